The number of rotatable bonds is 10. The molecule has 1 aliphatic rings. The molecule has 0 unspecified atom stereocenters. The van der Waals surface area contributed by atoms with Crippen LogP contribution in [-0.4, -0.2) is 43.1 Å². The minimum Gasteiger partial charge on any atom is -0.461 e. The van der Waals surface area contributed by atoms with Gasteiger partial charge in [0.15, 0.2) is 18.1 Å². The molecule has 1 fully saturated rings. The summed E-state index contributed by atoms with van der Waals surface area (Å²) in [6.07, 6.45) is 3.69. The van der Waals surface area contributed by atoms with Crippen molar-refractivity contribution in [3.05, 3.63) is 10.7 Å². The zero-order valence-corrected chi connectivity index (χ0v) is 14.1. The Morgan fingerprint density at radius 1 is 1.43 bits per heavy atom. The van der Waals surface area contributed by atoms with E-state index in [0.717, 1.165) is 12.8 Å². The maximum absolute atomic E-state index is 11.7. The summed E-state index contributed by atoms with van der Waals surface area (Å²) in [4.78, 5) is 32.4. The Hall–Kier alpha value is -2.03. The van der Waals surface area contributed by atoms with E-state index < -0.39 is 5.97 Å². The molecule has 0 aromatic rings. The van der Waals surface area contributed by atoms with E-state index in [9.17, 15) is 9.59 Å². The first-order chi connectivity index (χ1) is 10.9. The normalized spacial score (nSPS) is 16.0. The molecule has 128 valence electrons. The summed E-state index contributed by atoms with van der Waals surface area (Å²) in [6, 6.07) is 0.384. The van der Waals surface area contributed by atoms with Crippen molar-refractivity contribution in [2.45, 2.75) is 39.2 Å². The third kappa shape index (κ3) is 8.24. The summed E-state index contributed by atoms with van der Waals surface area (Å²) in [5.41, 5.74) is 5.78. The lowest BCUT2D eigenvalue weighted by Gasteiger charge is -2.06. The highest BCUT2D eigenvalue weighted by molar-refractivity contribution is 7.84. The van der Waals surface area contributed by atoms with Gasteiger partial charge in [0.2, 0.25) is 0 Å². The smallest absolute Gasteiger partial charge is 0.355 e. The first-order valence-electron chi connectivity index (χ1n) is 7.25. The van der Waals surface area contributed by atoms with Gasteiger partial charge in [-0.15, -0.1) is 12.6 Å². The molecule has 8 nitrogen and oxygen atoms in total. The Bertz CT molecular complexity index is 527. The average Bonchev–Trinajstić information content (AvgIpc) is 3.31. The highest BCUT2D eigenvalue weighted by atomic mass is 32.1. The van der Waals surface area contributed by atoms with Crippen LogP contribution in [0.4, 0.5) is 0 Å². The summed E-state index contributed by atoms with van der Waals surface area (Å²) in [6.45, 7) is 3.08. The highest BCUT2D eigenvalue weighted by Gasteiger charge is 2.18. The first-order valence-corrected chi connectivity index (χ1v) is 7.69. The number of allylic oxidation sites excluding steroid dienone is 1. The fourth-order valence-corrected chi connectivity index (χ4v) is 1.57. The standard InChI is InChI=1S/C14H22N4O4S/c1-3-21-14(20)9(2)18-22-7-11(19)6-12(23)13(15)17-8-16-10-4-5-10/h8,10,23H,3-7,15H2,1-2H3,(H,16,17)/b13-12-,18-9+. The Kier molecular flexibility index (Phi) is 8.17. The van der Waals surface area contributed by atoms with Crippen LogP contribution in [-0.2, 0) is 19.2 Å². The molecule has 0 saturated heterocycles. The molecule has 0 aromatic carbocycles. The molecule has 9 heteroatoms. The van der Waals surface area contributed by atoms with Crippen LogP contribution in [0, 0.1) is 0 Å². The summed E-state index contributed by atoms with van der Waals surface area (Å²) in [7, 11) is 0. The van der Waals surface area contributed by atoms with E-state index in [1.807, 2.05) is 0 Å². The molecule has 0 atom stereocenters. The van der Waals surface area contributed by atoms with Gasteiger partial charge in [0.25, 0.3) is 0 Å². The van der Waals surface area contributed by atoms with Crippen LogP contribution < -0.4 is 11.1 Å². The van der Waals surface area contributed by atoms with E-state index in [1.165, 1.54) is 13.3 Å². The number of hydrogen-bond donors (Lipinski definition) is 3. The molecule has 3 N–H and O–H groups in total. The number of ether oxygens (including phenoxy) is 1. The lowest BCUT2D eigenvalue weighted by Crippen LogP contribution is -2.21. The molecular weight excluding hydrogens is 320 g/mol. The average molecular weight is 342 g/mol. The second kappa shape index (κ2) is 9.88. The zero-order chi connectivity index (χ0) is 17.2. The Morgan fingerprint density at radius 3 is 2.74 bits per heavy atom. The number of thiol groups is 1. The number of nitrogens with two attached hydrogens (primary N) is 1. The number of ketones is 1. The van der Waals surface area contributed by atoms with E-state index in [2.05, 4.69) is 28.1 Å². The van der Waals surface area contributed by atoms with Crippen molar-refractivity contribution in [2.24, 2.45) is 15.9 Å². The van der Waals surface area contributed by atoms with Crippen LogP contribution in [0.5, 0.6) is 0 Å². The summed E-state index contributed by atoms with van der Waals surface area (Å²) >= 11 is 4.17. The Morgan fingerprint density at radius 2 is 2.13 bits per heavy atom. The molecule has 0 heterocycles. The number of carbonyl (C=O) groups is 2. The fraction of sp³-hybridized carbons (Fsp3) is 0.571. The number of aliphatic imine (C=N–C) groups is 1. The van der Waals surface area contributed by atoms with Gasteiger partial charge in [0.1, 0.15) is 5.82 Å². The minimum absolute atomic E-state index is 0.00676. The third-order valence-electron chi connectivity index (χ3n) is 2.73. The molecular formula is C14H22N4O4S. The van der Waals surface area contributed by atoms with Gasteiger partial charge in [0.05, 0.1) is 19.0 Å². The number of Topliss-reactive ketones (excluding diaryl/α,β-unsaturated/α-hetero) is 1. The van der Waals surface area contributed by atoms with E-state index in [-0.39, 0.29) is 37.0 Å². The van der Waals surface area contributed by atoms with E-state index in [1.54, 1.807) is 6.92 Å². The second-order valence-electron chi connectivity index (χ2n) is 4.90. The topological polar surface area (TPSA) is 115 Å². The van der Waals surface area contributed by atoms with Gasteiger partial charge in [-0.25, -0.2) is 4.79 Å². The molecule has 0 amide bonds. The quantitative estimate of drug-likeness (QED) is 0.177. The van der Waals surface area contributed by atoms with Crippen LogP contribution in [0.3, 0.4) is 0 Å². The lowest BCUT2D eigenvalue weighted by molar-refractivity contribution is -0.135. The zero-order valence-electron chi connectivity index (χ0n) is 13.2. The molecule has 0 aromatic heterocycles. The van der Waals surface area contributed by atoms with Crippen LogP contribution in [0.1, 0.15) is 33.1 Å². The summed E-state index contributed by atoms with van der Waals surface area (Å²) in [5, 5.41) is 6.29. The number of hydrogen-bond acceptors (Lipinski definition) is 8. The number of esters is 1. The molecule has 1 rings (SSSR count). The van der Waals surface area contributed by atoms with Gasteiger partial charge in [-0.1, -0.05) is 5.16 Å². The SMILES string of the molecule is CCOC(=O)/C(C)=N/OCC(=O)C/C(S)=C(\N)NC=NC1CC1. The Labute approximate surface area is 140 Å². The van der Waals surface area contributed by atoms with E-state index in [4.69, 9.17) is 15.3 Å². The van der Waals surface area contributed by atoms with Gasteiger partial charge in [0, 0.05) is 11.3 Å². The number of nitrogens with one attached hydrogen (secondary N) is 1. The first kappa shape index (κ1) is 19.0. The number of nitrogens with zero attached hydrogens (tertiary/aromatic N) is 2. The van der Waals surface area contributed by atoms with Crippen molar-refractivity contribution >= 4 is 36.4 Å². The third-order valence-corrected chi connectivity index (χ3v) is 3.12. The highest BCUT2D eigenvalue weighted by Crippen LogP contribution is 2.22. The van der Waals surface area contributed by atoms with Crippen molar-refractivity contribution in [3.8, 4) is 0 Å². The molecule has 0 aliphatic heterocycles. The van der Waals surface area contributed by atoms with Crippen molar-refractivity contribution in [3.63, 3.8) is 0 Å². The maximum Gasteiger partial charge on any atom is 0.355 e. The molecule has 1 saturated carbocycles. The van der Waals surface area contributed by atoms with Crippen molar-refractivity contribution < 1.29 is 19.2 Å². The van der Waals surface area contributed by atoms with Crippen LogP contribution >= 0.6 is 12.6 Å². The molecule has 23 heavy (non-hydrogen) atoms. The Balaban J connectivity index is 2.33. The maximum atomic E-state index is 11.7. The van der Waals surface area contributed by atoms with Gasteiger partial charge in [-0.2, -0.15) is 0 Å². The van der Waals surface area contributed by atoms with Gasteiger partial charge in [-0.05, 0) is 26.7 Å². The monoisotopic (exact) mass is 342 g/mol. The van der Waals surface area contributed by atoms with Crippen molar-refractivity contribution in [2.75, 3.05) is 13.2 Å². The predicted octanol–water partition coefficient (Wildman–Crippen LogP) is 0.739. The second-order valence-corrected chi connectivity index (χ2v) is 5.44. The van der Waals surface area contributed by atoms with Crippen LogP contribution in [0.25, 0.3) is 0 Å². The minimum atomic E-state index is -0.585. The van der Waals surface area contributed by atoms with Gasteiger partial charge >= 0.3 is 5.97 Å². The van der Waals surface area contributed by atoms with Crippen LogP contribution in [0.2, 0.25) is 0 Å². The fourth-order valence-electron chi connectivity index (χ4n) is 1.33. The van der Waals surface area contributed by atoms with E-state index >= 15 is 0 Å². The van der Waals surface area contributed by atoms with Crippen molar-refractivity contribution in [1.82, 2.24) is 5.32 Å². The summed E-state index contributed by atoms with van der Waals surface area (Å²) < 4.78 is 4.72. The molecule has 1 aliphatic carbocycles. The predicted molar refractivity (Wildman–Crippen MR) is 90.2 cm³/mol. The molecule has 0 radical (unpaired) electrons. The van der Waals surface area contributed by atoms with Gasteiger partial charge < -0.3 is 20.6 Å². The number of oxime groups is 1. The van der Waals surface area contributed by atoms with Gasteiger partial charge in [-0.3, -0.25) is 9.79 Å². The number of carbonyl (C=O) groups excluding carboxylic acids is 2. The molecule has 0 spiro atoms. The molecule has 0 bridgehead atoms. The van der Waals surface area contributed by atoms with Crippen LogP contribution in [0.15, 0.2) is 20.9 Å². The van der Waals surface area contributed by atoms with Crippen molar-refractivity contribution in [1.29, 1.82) is 0 Å². The lowest BCUT2D eigenvalue weighted by atomic mass is 10.3. The summed E-state index contributed by atoms with van der Waals surface area (Å²) in [5.74, 6) is -0.602. The largest absolute Gasteiger partial charge is 0.461 e. The van der Waals surface area contributed by atoms with E-state index in [0.29, 0.717) is 10.9 Å².